The fourth-order valence-electron chi connectivity index (χ4n) is 0.985. The molecule has 0 heterocycles. The third-order valence-electron chi connectivity index (χ3n) is 1.67. The van der Waals surface area contributed by atoms with Crippen LogP contribution in [0.2, 0.25) is 0 Å². The molecule has 11 heavy (non-hydrogen) atoms. The summed E-state index contributed by atoms with van der Waals surface area (Å²) < 4.78 is 25.1. The minimum absolute atomic E-state index is 0.154. The van der Waals surface area contributed by atoms with Gasteiger partial charge in [-0.3, -0.25) is 0 Å². The zero-order valence-electron chi connectivity index (χ0n) is 6.11. The summed E-state index contributed by atoms with van der Waals surface area (Å²) >= 11 is 0. The normalized spacial score (nSPS) is 29.5. The fraction of sp³-hybridized carbons (Fsp3) is 0.750. The van der Waals surface area contributed by atoms with Crippen LogP contribution in [0.1, 0.15) is 25.7 Å². The van der Waals surface area contributed by atoms with E-state index in [9.17, 15) is 8.78 Å². The summed E-state index contributed by atoms with van der Waals surface area (Å²) in [5.41, 5.74) is 0. The van der Waals surface area contributed by atoms with Crippen LogP contribution in [0, 0.1) is 11.8 Å². The molecule has 0 spiro atoms. The molecular formula is C8H10F2O. The van der Waals surface area contributed by atoms with Crippen molar-refractivity contribution in [3.05, 3.63) is 0 Å². The molecule has 62 valence electrons. The van der Waals surface area contributed by atoms with E-state index < -0.39 is 12.0 Å². The van der Waals surface area contributed by atoms with Gasteiger partial charge in [0.25, 0.3) is 0 Å². The summed E-state index contributed by atoms with van der Waals surface area (Å²) in [4.78, 5) is 0. The van der Waals surface area contributed by atoms with Gasteiger partial charge in [0.15, 0.2) is 0 Å². The van der Waals surface area contributed by atoms with Crippen LogP contribution in [0.3, 0.4) is 0 Å². The Bertz CT molecular complexity index is 190. The van der Waals surface area contributed by atoms with E-state index in [-0.39, 0.29) is 12.8 Å². The molecule has 0 aromatic heterocycles. The summed E-state index contributed by atoms with van der Waals surface area (Å²) in [6, 6.07) is 0. The van der Waals surface area contributed by atoms with Crippen LogP contribution in [0.4, 0.5) is 8.78 Å². The number of rotatable bonds is 0. The molecule has 0 saturated heterocycles. The molecule has 0 amide bonds. The number of alkyl halides is 2. The zero-order chi connectivity index (χ0) is 8.32. The van der Waals surface area contributed by atoms with Crippen LogP contribution >= 0.6 is 0 Å². The van der Waals surface area contributed by atoms with Crippen LogP contribution in [0.5, 0.6) is 0 Å². The lowest BCUT2D eigenvalue weighted by Crippen LogP contribution is -2.19. The Morgan fingerprint density at radius 1 is 1.36 bits per heavy atom. The molecule has 0 fully saturated rings. The number of hydrogen-bond donors (Lipinski definition) is 1. The first-order valence-corrected chi connectivity index (χ1v) is 3.66. The SMILES string of the molecule is OC1CCC#CC(F)(F)CC1. The fourth-order valence-corrected chi connectivity index (χ4v) is 0.985. The van der Waals surface area contributed by atoms with Crippen LogP contribution in [-0.4, -0.2) is 17.1 Å². The smallest absolute Gasteiger partial charge is 0.308 e. The summed E-state index contributed by atoms with van der Waals surface area (Å²) in [6.07, 6.45) is 0.123. The van der Waals surface area contributed by atoms with Gasteiger partial charge in [-0.05, 0) is 18.8 Å². The number of aliphatic hydroxyl groups excluding tert-OH is 1. The van der Waals surface area contributed by atoms with Crippen molar-refractivity contribution < 1.29 is 13.9 Å². The van der Waals surface area contributed by atoms with Gasteiger partial charge >= 0.3 is 5.92 Å². The molecule has 0 bridgehead atoms. The Balaban J connectivity index is 2.59. The second kappa shape index (κ2) is 3.19. The van der Waals surface area contributed by atoms with E-state index in [1.165, 1.54) is 0 Å². The van der Waals surface area contributed by atoms with Gasteiger partial charge in [0.2, 0.25) is 0 Å². The van der Waals surface area contributed by atoms with Crippen molar-refractivity contribution in [2.75, 3.05) is 0 Å². The molecule has 1 nitrogen and oxygen atoms in total. The maximum Gasteiger partial charge on any atom is 0.308 e. The van der Waals surface area contributed by atoms with E-state index in [2.05, 4.69) is 5.92 Å². The van der Waals surface area contributed by atoms with Gasteiger partial charge in [-0.25, -0.2) is 0 Å². The van der Waals surface area contributed by atoms with Crippen molar-refractivity contribution in [3.63, 3.8) is 0 Å². The highest BCUT2D eigenvalue weighted by molar-refractivity contribution is 5.10. The molecular weight excluding hydrogens is 150 g/mol. The highest BCUT2D eigenvalue weighted by atomic mass is 19.3. The quantitative estimate of drug-likeness (QED) is 0.533. The van der Waals surface area contributed by atoms with Crippen molar-refractivity contribution in [2.45, 2.75) is 37.7 Å². The second-order valence-corrected chi connectivity index (χ2v) is 2.74. The number of hydrogen-bond acceptors (Lipinski definition) is 1. The summed E-state index contributed by atoms with van der Waals surface area (Å²) in [6.45, 7) is 0. The number of halogens is 2. The largest absolute Gasteiger partial charge is 0.393 e. The van der Waals surface area contributed by atoms with E-state index >= 15 is 0 Å². The minimum atomic E-state index is -2.89. The summed E-state index contributed by atoms with van der Waals surface area (Å²) in [5, 5.41) is 9.05. The van der Waals surface area contributed by atoms with Crippen LogP contribution in [-0.2, 0) is 0 Å². The first kappa shape index (κ1) is 8.48. The molecule has 1 unspecified atom stereocenters. The highest BCUT2D eigenvalue weighted by Crippen LogP contribution is 2.22. The zero-order valence-corrected chi connectivity index (χ0v) is 6.11. The molecule has 0 radical (unpaired) electrons. The van der Waals surface area contributed by atoms with Gasteiger partial charge in [0, 0.05) is 12.8 Å². The van der Waals surface area contributed by atoms with Gasteiger partial charge in [-0.15, -0.1) is 0 Å². The Labute approximate surface area is 64.4 Å². The predicted octanol–water partition coefficient (Wildman–Crippen LogP) is 1.56. The maximum atomic E-state index is 12.5. The standard InChI is InChI=1S/C8H10F2O/c9-8(10)5-2-1-3-7(11)4-6-8/h7,11H,1,3-4,6H2. The van der Waals surface area contributed by atoms with Gasteiger partial charge in [-0.2, -0.15) is 8.78 Å². The molecule has 1 aliphatic carbocycles. The van der Waals surface area contributed by atoms with Gasteiger partial charge in [0.05, 0.1) is 6.10 Å². The molecule has 0 aromatic rings. The highest BCUT2D eigenvalue weighted by Gasteiger charge is 2.27. The first-order chi connectivity index (χ1) is 5.10. The van der Waals surface area contributed by atoms with E-state index in [1.54, 1.807) is 0 Å². The van der Waals surface area contributed by atoms with Crippen molar-refractivity contribution >= 4 is 0 Å². The Morgan fingerprint density at radius 2 is 2.09 bits per heavy atom. The Kier molecular flexibility index (Phi) is 2.45. The van der Waals surface area contributed by atoms with Crippen LogP contribution in [0.15, 0.2) is 0 Å². The van der Waals surface area contributed by atoms with Crippen LogP contribution in [0.25, 0.3) is 0 Å². The third-order valence-corrected chi connectivity index (χ3v) is 1.67. The molecule has 0 aliphatic heterocycles. The molecule has 1 aliphatic rings. The molecule has 0 saturated carbocycles. The average Bonchev–Trinajstić information content (AvgIpc) is 1.92. The molecule has 1 rings (SSSR count). The van der Waals surface area contributed by atoms with E-state index in [4.69, 9.17) is 5.11 Å². The second-order valence-electron chi connectivity index (χ2n) is 2.74. The van der Waals surface area contributed by atoms with Gasteiger partial charge < -0.3 is 5.11 Å². The van der Waals surface area contributed by atoms with Crippen LogP contribution < -0.4 is 0 Å². The maximum absolute atomic E-state index is 12.5. The Hall–Kier alpha value is -0.620. The van der Waals surface area contributed by atoms with Crippen molar-refractivity contribution in [3.8, 4) is 11.8 Å². The summed E-state index contributed by atoms with van der Waals surface area (Å²) in [5.74, 6) is 1.35. The van der Waals surface area contributed by atoms with E-state index in [0.717, 1.165) is 0 Å². The summed E-state index contributed by atoms with van der Waals surface area (Å²) in [7, 11) is 0. The minimum Gasteiger partial charge on any atom is -0.393 e. The third kappa shape index (κ3) is 2.85. The van der Waals surface area contributed by atoms with Crippen molar-refractivity contribution in [2.24, 2.45) is 0 Å². The first-order valence-electron chi connectivity index (χ1n) is 3.66. The van der Waals surface area contributed by atoms with E-state index in [1.807, 2.05) is 5.92 Å². The lowest BCUT2D eigenvalue weighted by atomic mass is 10.0. The van der Waals surface area contributed by atoms with Gasteiger partial charge in [0.1, 0.15) is 0 Å². The molecule has 1 N–H and O–H groups in total. The monoisotopic (exact) mass is 160 g/mol. The lowest BCUT2D eigenvalue weighted by molar-refractivity contribution is 0.0326. The molecule has 3 heteroatoms. The van der Waals surface area contributed by atoms with Crippen molar-refractivity contribution in [1.82, 2.24) is 0 Å². The average molecular weight is 160 g/mol. The topological polar surface area (TPSA) is 20.2 Å². The van der Waals surface area contributed by atoms with Crippen molar-refractivity contribution in [1.29, 1.82) is 0 Å². The number of aliphatic hydroxyl groups is 1. The Morgan fingerprint density at radius 3 is 2.82 bits per heavy atom. The molecule has 1 atom stereocenters. The lowest BCUT2D eigenvalue weighted by Gasteiger charge is -2.14. The molecule has 0 aromatic carbocycles. The predicted molar refractivity (Wildman–Crippen MR) is 37.2 cm³/mol. The van der Waals surface area contributed by atoms with E-state index in [0.29, 0.717) is 12.8 Å². The van der Waals surface area contributed by atoms with Gasteiger partial charge in [-0.1, -0.05) is 5.92 Å².